The van der Waals surface area contributed by atoms with Crippen LogP contribution in [0.15, 0.2) is 39.8 Å². The van der Waals surface area contributed by atoms with Crippen LogP contribution in [0.2, 0.25) is 0 Å². The van der Waals surface area contributed by atoms with E-state index in [9.17, 15) is 4.79 Å². The molecule has 0 aliphatic carbocycles. The topological polar surface area (TPSA) is 59.2 Å². The highest BCUT2D eigenvalue weighted by Crippen LogP contribution is 2.51. The highest BCUT2D eigenvalue weighted by Gasteiger charge is 2.41. The third-order valence-electron chi connectivity index (χ3n) is 6.54. The predicted molar refractivity (Wildman–Crippen MR) is 111 cm³/mol. The molecular formula is C23H25N3O2. The first-order valence-corrected chi connectivity index (χ1v) is 9.96. The van der Waals surface area contributed by atoms with Crippen molar-refractivity contribution in [1.82, 2.24) is 9.97 Å². The van der Waals surface area contributed by atoms with Gasteiger partial charge < -0.3 is 9.32 Å². The van der Waals surface area contributed by atoms with Gasteiger partial charge in [-0.05, 0) is 47.4 Å². The van der Waals surface area contributed by atoms with Crippen molar-refractivity contribution in [2.75, 3.05) is 18.0 Å². The largest absolute Gasteiger partial charge is 0.422 e. The summed E-state index contributed by atoms with van der Waals surface area (Å²) < 4.78 is 5.96. The molecular weight excluding hydrogens is 350 g/mol. The van der Waals surface area contributed by atoms with E-state index in [1.54, 1.807) is 18.5 Å². The summed E-state index contributed by atoms with van der Waals surface area (Å²) >= 11 is 0. The van der Waals surface area contributed by atoms with Crippen molar-refractivity contribution in [2.24, 2.45) is 0 Å². The minimum absolute atomic E-state index is 0.0474. The zero-order chi connectivity index (χ0) is 19.7. The Morgan fingerprint density at radius 1 is 1.00 bits per heavy atom. The van der Waals surface area contributed by atoms with Crippen LogP contribution in [-0.4, -0.2) is 23.1 Å². The van der Waals surface area contributed by atoms with Gasteiger partial charge in [0.25, 0.3) is 0 Å². The monoisotopic (exact) mass is 375 g/mol. The Bertz CT molecular complexity index is 1140. The highest BCUT2D eigenvalue weighted by molar-refractivity contribution is 5.92. The maximum Gasteiger partial charge on any atom is 0.347 e. The summed E-state index contributed by atoms with van der Waals surface area (Å²) in [4.78, 5) is 23.8. The Morgan fingerprint density at radius 3 is 2.39 bits per heavy atom. The van der Waals surface area contributed by atoms with Crippen LogP contribution in [0.3, 0.4) is 0 Å². The van der Waals surface area contributed by atoms with Gasteiger partial charge >= 0.3 is 5.63 Å². The number of fused-ring (bicyclic) bond motifs is 2. The molecule has 5 nitrogen and oxygen atoms in total. The lowest BCUT2D eigenvalue weighted by molar-refractivity contribution is 0.398. The number of hydrogen-bond acceptors (Lipinski definition) is 5. The van der Waals surface area contributed by atoms with Gasteiger partial charge in [0.1, 0.15) is 11.1 Å². The minimum atomic E-state index is -0.377. The molecule has 144 valence electrons. The summed E-state index contributed by atoms with van der Waals surface area (Å²) in [6.07, 6.45) is 5.46. The zero-order valence-corrected chi connectivity index (χ0v) is 16.9. The molecule has 5 rings (SSSR count). The summed E-state index contributed by atoms with van der Waals surface area (Å²) in [6.45, 7) is 11.2. The minimum Gasteiger partial charge on any atom is -0.422 e. The number of aromatic nitrogens is 2. The van der Waals surface area contributed by atoms with E-state index >= 15 is 0 Å². The molecule has 0 radical (unpaired) electrons. The number of anilines is 1. The molecule has 0 saturated carbocycles. The smallest absolute Gasteiger partial charge is 0.347 e. The lowest BCUT2D eigenvalue weighted by atomic mass is 9.69. The first-order valence-electron chi connectivity index (χ1n) is 9.96. The molecule has 2 aliphatic heterocycles. The molecule has 1 aromatic carbocycles. The Hall–Kier alpha value is -2.69. The maximum absolute atomic E-state index is 12.8. The standard InChI is InChI=1S/C23H25N3O2/c1-22(2)6-10-26-11-7-23(3,4)17-18(26)16(22)13-14-12-15(21(27)28-19(14)17)20-24-8-5-9-25-20/h5,8-9,12-13H,6-7,10-11H2,1-4H3. The zero-order valence-electron chi connectivity index (χ0n) is 16.9. The third-order valence-corrected chi connectivity index (χ3v) is 6.54. The summed E-state index contributed by atoms with van der Waals surface area (Å²) in [5.41, 5.74) is 4.61. The molecule has 4 heterocycles. The second-order valence-electron chi connectivity index (χ2n) is 9.34. The van der Waals surface area contributed by atoms with E-state index in [2.05, 4.69) is 48.6 Å². The van der Waals surface area contributed by atoms with E-state index in [1.807, 2.05) is 6.07 Å². The second kappa shape index (κ2) is 5.66. The molecule has 0 fully saturated rings. The lowest BCUT2D eigenvalue weighted by Gasteiger charge is -2.48. The average molecular weight is 375 g/mol. The maximum atomic E-state index is 12.8. The highest BCUT2D eigenvalue weighted by atomic mass is 16.4. The van der Waals surface area contributed by atoms with Crippen molar-refractivity contribution in [3.8, 4) is 11.4 Å². The normalized spacial score (nSPS) is 19.5. The summed E-state index contributed by atoms with van der Waals surface area (Å²) in [7, 11) is 0. The first-order chi connectivity index (χ1) is 13.3. The molecule has 2 aliphatic rings. The molecule has 2 aromatic heterocycles. The van der Waals surface area contributed by atoms with Crippen molar-refractivity contribution >= 4 is 16.7 Å². The summed E-state index contributed by atoms with van der Waals surface area (Å²) in [6, 6.07) is 5.87. The average Bonchev–Trinajstić information content (AvgIpc) is 2.66. The quantitative estimate of drug-likeness (QED) is 0.589. The van der Waals surface area contributed by atoms with Gasteiger partial charge in [-0.15, -0.1) is 0 Å². The second-order valence-corrected chi connectivity index (χ2v) is 9.34. The van der Waals surface area contributed by atoms with Crippen molar-refractivity contribution in [1.29, 1.82) is 0 Å². The summed E-state index contributed by atoms with van der Waals surface area (Å²) in [5, 5.41) is 0.959. The van der Waals surface area contributed by atoms with Crippen LogP contribution in [0.4, 0.5) is 5.69 Å². The third kappa shape index (κ3) is 2.42. The Morgan fingerprint density at radius 2 is 1.68 bits per heavy atom. The van der Waals surface area contributed by atoms with Gasteiger partial charge in [-0.2, -0.15) is 0 Å². The van der Waals surface area contributed by atoms with Crippen LogP contribution in [0.25, 0.3) is 22.4 Å². The molecule has 28 heavy (non-hydrogen) atoms. The van der Waals surface area contributed by atoms with E-state index < -0.39 is 0 Å². The van der Waals surface area contributed by atoms with Crippen molar-refractivity contribution in [3.63, 3.8) is 0 Å². The lowest BCUT2D eigenvalue weighted by Crippen LogP contribution is -2.44. The Balaban J connectivity index is 1.89. The van der Waals surface area contributed by atoms with Crippen molar-refractivity contribution in [2.45, 2.75) is 51.4 Å². The van der Waals surface area contributed by atoms with E-state index in [0.29, 0.717) is 11.4 Å². The fourth-order valence-corrected chi connectivity index (χ4v) is 4.75. The molecule has 0 atom stereocenters. The van der Waals surface area contributed by atoms with Gasteiger partial charge in [0, 0.05) is 42.1 Å². The Labute approximate surface area is 164 Å². The van der Waals surface area contributed by atoms with E-state index in [-0.39, 0.29) is 16.5 Å². The van der Waals surface area contributed by atoms with Crippen molar-refractivity contribution in [3.05, 3.63) is 52.1 Å². The van der Waals surface area contributed by atoms with Gasteiger partial charge in [-0.1, -0.05) is 27.7 Å². The van der Waals surface area contributed by atoms with Gasteiger partial charge in [0.2, 0.25) is 0 Å². The van der Waals surface area contributed by atoms with Crippen LogP contribution in [0.5, 0.6) is 0 Å². The Kier molecular flexibility index (Phi) is 3.52. The van der Waals surface area contributed by atoms with E-state index in [0.717, 1.165) is 36.9 Å². The molecule has 3 aromatic rings. The SMILES string of the molecule is CC1(C)CCN2CCC(C)(C)c3c2c1cc1cc(-c2ncccn2)c(=O)oc31. The fraction of sp³-hybridized carbons (Fsp3) is 0.435. The van der Waals surface area contributed by atoms with Crippen LogP contribution in [0, 0.1) is 0 Å². The van der Waals surface area contributed by atoms with Crippen molar-refractivity contribution < 1.29 is 4.42 Å². The van der Waals surface area contributed by atoms with Crippen LogP contribution in [0.1, 0.15) is 51.7 Å². The van der Waals surface area contributed by atoms with Gasteiger partial charge in [0.05, 0.1) is 0 Å². The molecule has 0 spiro atoms. The van der Waals surface area contributed by atoms with Crippen LogP contribution < -0.4 is 10.5 Å². The van der Waals surface area contributed by atoms with Crippen LogP contribution in [-0.2, 0) is 10.8 Å². The molecule has 5 heteroatoms. The predicted octanol–water partition coefficient (Wildman–Crippen LogP) is 4.42. The molecule has 0 unspecified atom stereocenters. The number of rotatable bonds is 1. The number of nitrogens with zero attached hydrogens (tertiary/aromatic N) is 3. The molecule has 0 N–H and O–H groups in total. The fourth-order valence-electron chi connectivity index (χ4n) is 4.75. The molecule has 0 saturated heterocycles. The molecule has 0 bridgehead atoms. The number of benzene rings is 1. The number of hydrogen-bond donors (Lipinski definition) is 0. The van der Waals surface area contributed by atoms with Crippen LogP contribution >= 0.6 is 0 Å². The van der Waals surface area contributed by atoms with E-state index in [1.165, 1.54) is 16.8 Å². The van der Waals surface area contributed by atoms with Gasteiger partial charge in [0.15, 0.2) is 5.82 Å². The van der Waals surface area contributed by atoms with Gasteiger partial charge in [-0.25, -0.2) is 14.8 Å². The summed E-state index contributed by atoms with van der Waals surface area (Å²) in [5.74, 6) is 0.407. The first kappa shape index (κ1) is 17.4. The van der Waals surface area contributed by atoms with Gasteiger partial charge in [-0.3, -0.25) is 0 Å². The van der Waals surface area contributed by atoms with E-state index in [4.69, 9.17) is 4.42 Å². The molecule has 0 amide bonds.